The summed E-state index contributed by atoms with van der Waals surface area (Å²) in [6.45, 7) is 6.59. The Kier molecular flexibility index (Phi) is 8.78. The number of hydrogen-bond acceptors (Lipinski definition) is 3. The van der Waals surface area contributed by atoms with Crippen molar-refractivity contribution in [1.82, 2.24) is 4.90 Å². The lowest BCUT2D eigenvalue weighted by Gasteiger charge is -2.24. The third-order valence-corrected chi connectivity index (χ3v) is 7.41. The van der Waals surface area contributed by atoms with Crippen LogP contribution in [0.5, 0.6) is 5.75 Å². The largest absolute Gasteiger partial charge is 0.487 e. The lowest BCUT2D eigenvalue weighted by molar-refractivity contribution is -0.144. The van der Waals surface area contributed by atoms with Crippen molar-refractivity contribution >= 4 is 23.5 Å². The van der Waals surface area contributed by atoms with Crippen LogP contribution in [0.3, 0.4) is 0 Å². The van der Waals surface area contributed by atoms with Crippen LogP contribution in [0, 0.1) is 0 Å². The molecule has 0 saturated carbocycles. The van der Waals surface area contributed by atoms with Crippen molar-refractivity contribution in [2.24, 2.45) is 0 Å². The van der Waals surface area contributed by atoms with Gasteiger partial charge in [0.1, 0.15) is 17.9 Å². The van der Waals surface area contributed by atoms with E-state index in [4.69, 9.17) is 16.3 Å². The van der Waals surface area contributed by atoms with E-state index in [1.165, 1.54) is 16.0 Å². The van der Waals surface area contributed by atoms with Crippen LogP contribution in [0.4, 0.5) is 0 Å². The van der Waals surface area contributed by atoms with Crippen molar-refractivity contribution in [2.45, 2.75) is 64.4 Å². The minimum atomic E-state index is -1.01. The maximum Gasteiger partial charge on any atom is 0.323 e. The van der Waals surface area contributed by atoms with E-state index in [1.54, 1.807) is 12.1 Å². The second-order valence-electron chi connectivity index (χ2n) is 10.8. The first-order chi connectivity index (χ1) is 18.1. The number of ether oxygens (including phenoxy) is 1. The number of carbonyl (C=O) groups excluding carboxylic acids is 1. The smallest absolute Gasteiger partial charge is 0.323 e. The van der Waals surface area contributed by atoms with E-state index in [0.717, 1.165) is 35.3 Å². The number of aliphatic carboxylic acids is 1. The minimum Gasteiger partial charge on any atom is -0.487 e. The first kappa shape index (κ1) is 27.7. The van der Waals surface area contributed by atoms with Crippen LogP contribution in [0.25, 0.3) is 0 Å². The highest BCUT2D eigenvalue weighted by Gasteiger charge is 2.35. The monoisotopic (exact) mass is 533 g/mol. The van der Waals surface area contributed by atoms with Gasteiger partial charge in [-0.25, -0.2) is 0 Å². The molecule has 0 spiro atoms. The molecule has 1 N–H and O–H groups in total. The second kappa shape index (κ2) is 12.0. The van der Waals surface area contributed by atoms with Crippen molar-refractivity contribution < 1.29 is 19.4 Å². The molecule has 3 aromatic rings. The number of carboxylic acids is 1. The summed E-state index contributed by atoms with van der Waals surface area (Å²) in [7, 11) is 0. The molecule has 1 aliphatic heterocycles. The molecule has 4 rings (SSSR count). The molecule has 5 nitrogen and oxygen atoms in total. The van der Waals surface area contributed by atoms with Crippen molar-refractivity contribution in [3.8, 4) is 5.75 Å². The van der Waals surface area contributed by atoms with Crippen LogP contribution < -0.4 is 4.74 Å². The van der Waals surface area contributed by atoms with E-state index in [2.05, 4.69) is 51.1 Å². The van der Waals surface area contributed by atoms with Gasteiger partial charge in [-0.2, -0.15) is 0 Å². The van der Waals surface area contributed by atoms with Gasteiger partial charge in [-0.15, -0.1) is 0 Å². The lowest BCUT2D eigenvalue weighted by atomic mass is 9.90. The molecule has 1 atom stereocenters. The average molecular weight is 534 g/mol. The van der Waals surface area contributed by atoms with Gasteiger partial charge in [0, 0.05) is 30.8 Å². The summed E-state index contributed by atoms with van der Waals surface area (Å²) in [5.74, 6) is 0.239. The molecule has 1 heterocycles. The molecule has 38 heavy (non-hydrogen) atoms. The highest BCUT2D eigenvalue weighted by Crippen LogP contribution is 2.37. The number of fused-ring (bicyclic) bond motifs is 1. The van der Waals surface area contributed by atoms with Gasteiger partial charge in [0.25, 0.3) is 0 Å². The molecule has 0 aromatic heterocycles. The highest BCUT2D eigenvalue weighted by atomic mass is 35.5. The predicted octanol–water partition coefficient (Wildman–Crippen LogP) is 6.49. The molecule has 0 bridgehead atoms. The zero-order valence-corrected chi connectivity index (χ0v) is 23.1. The molecular formula is C32H36ClNO4. The lowest BCUT2D eigenvalue weighted by Crippen LogP contribution is -2.37. The molecule has 1 unspecified atom stereocenters. The van der Waals surface area contributed by atoms with Gasteiger partial charge in [-0.05, 0) is 71.7 Å². The van der Waals surface area contributed by atoms with E-state index in [-0.39, 0.29) is 24.5 Å². The first-order valence-electron chi connectivity index (χ1n) is 13.2. The highest BCUT2D eigenvalue weighted by molar-refractivity contribution is 6.30. The Morgan fingerprint density at radius 3 is 2.29 bits per heavy atom. The Morgan fingerprint density at radius 2 is 1.63 bits per heavy atom. The van der Waals surface area contributed by atoms with Crippen LogP contribution in [0.15, 0.2) is 66.7 Å². The van der Waals surface area contributed by atoms with Crippen LogP contribution in [-0.2, 0) is 35.3 Å². The Morgan fingerprint density at radius 1 is 0.974 bits per heavy atom. The molecule has 0 aliphatic carbocycles. The number of rotatable bonds is 11. The fourth-order valence-corrected chi connectivity index (χ4v) is 5.19. The fourth-order valence-electron chi connectivity index (χ4n) is 5.06. The first-order valence-corrected chi connectivity index (χ1v) is 13.6. The number of halogens is 1. The van der Waals surface area contributed by atoms with E-state index >= 15 is 0 Å². The van der Waals surface area contributed by atoms with Gasteiger partial charge < -0.3 is 14.7 Å². The molecule has 200 valence electrons. The summed E-state index contributed by atoms with van der Waals surface area (Å²) in [5, 5.41) is 9.97. The number of carboxylic acid groups (broad SMARTS) is 1. The summed E-state index contributed by atoms with van der Waals surface area (Å²) < 4.78 is 6.37. The van der Waals surface area contributed by atoms with Gasteiger partial charge in [0.05, 0.1) is 0 Å². The van der Waals surface area contributed by atoms with E-state index in [1.807, 2.05) is 24.3 Å². The summed E-state index contributed by atoms with van der Waals surface area (Å²) in [5.41, 5.74) is 5.50. The van der Waals surface area contributed by atoms with Gasteiger partial charge in [0.2, 0.25) is 5.91 Å². The molecule has 3 aromatic carbocycles. The van der Waals surface area contributed by atoms with Crippen molar-refractivity contribution in [2.75, 3.05) is 13.1 Å². The fraction of sp³-hybridized carbons (Fsp3) is 0.375. The third kappa shape index (κ3) is 7.38. The summed E-state index contributed by atoms with van der Waals surface area (Å²) in [4.78, 5) is 25.8. The number of carbonyl (C=O) groups is 2. The Labute approximate surface area is 230 Å². The van der Waals surface area contributed by atoms with Gasteiger partial charge >= 0.3 is 5.97 Å². The van der Waals surface area contributed by atoms with Crippen molar-refractivity contribution in [3.63, 3.8) is 0 Å². The summed E-state index contributed by atoms with van der Waals surface area (Å²) in [6.07, 6.45) is 3.02. The number of hydrogen-bond donors (Lipinski definition) is 1. The topological polar surface area (TPSA) is 66.8 Å². The average Bonchev–Trinajstić information content (AvgIpc) is 3.21. The predicted molar refractivity (Wildman–Crippen MR) is 151 cm³/mol. The van der Waals surface area contributed by atoms with Crippen LogP contribution >= 0.6 is 11.6 Å². The molecule has 6 heteroatoms. The van der Waals surface area contributed by atoms with Crippen molar-refractivity contribution in [3.05, 3.63) is 99.6 Å². The molecule has 1 amide bonds. The SMILES string of the molecule is CC(C)c1ccc(CC2(C)Cc3cc(CCC(=O)N(CCc4ccc(Cl)cc4)CC(=O)O)ccc3O2)cc1. The maximum absolute atomic E-state index is 13.0. The molecule has 0 saturated heterocycles. The number of aryl methyl sites for hydroxylation is 1. The molecule has 1 aliphatic rings. The standard InChI is InChI=1S/C32H36ClNO4/c1-22(2)26-10-4-25(5-11-26)19-32(3)20-27-18-24(8-14-29(27)38-32)9-15-30(35)34(21-31(36)37)17-16-23-6-12-28(33)13-7-23/h4-8,10-14,18,22H,9,15-17,19-21H2,1-3H3,(H,36,37). The zero-order valence-electron chi connectivity index (χ0n) is 22.4. The van der Waals surface area contributed by atoms with Gasteiger partial charge in [-0.3, -0.25) is 9.59 Å². The van der Waals surface area contributed by atoms with Crippen LogP contribution in [0.2, 0.25) is 5.02 Å². The molecule has 0 fully saturated rings. The van der Waals surface area contributed by atoms with Crippen LogP contribution in [0.1, 0.15) is 60.9 Å². The zero-order chi connectivity index (χ0) is 27.3. The van der Waals surface area contributed by atoms with E-state index < -0.39 is 5.97 Å². The summed E-state index contributed by atoms with van der Waals surface area (Å²) in [6, 6.07) is 22.3. The van der Waals surface area contributed by atoms with Crippen molar-refractivity contribution in [1.29, 1.82) is 0 Å². The number of amides is 1. The summed E-state index contributed by atoms with van der Waals surface area (Å²) >= 11 is 5.94. The second-order valence-corrected chi connectivity index (χ2v) is 11.3. The minimum absolute atomic E-state index is 0.159. The van der Waals surface area contributed by atoms with Crippen LogP contribution in [-0.4, -0.2) is 40.6 Å². The maximum atomic E-state index is 13.0. The van der Waals surface area contributed by atoms with E-state index in [0.29, 0.717) is 30.3 Å². The van der Waals surface area contributed by atoms with E-state index in [9.17, 15) is 14.7 Å². The molecular weight excluding hydrogens is 498 g/mol. The number of benzene rings is 3. The Hall–Kier alpha value is -3.31. The molecule has 0 radical (unpaired) electrons. The normalized spacial score (nSPS) is 16.2. The number of nitrogens with zero attached hydrogens (tertiary/aromatic N) is 1. The Balaban J connectivity index is 1.34. The quantitative estimate of drug-likeness (QED) is 0.306. The third-order valence-electron chi connectivity index (χ3n) is 7.16. The van der Waals surface area contributed by atoms with Gasteiger partial charge in [0.15, 0.2) is 0 Å². The van der Waals surface area contributed by atoms with Gasteiger partial charge in [-0.1, -0.05) is 74.0 Å². The Bertz CT molecular complexity index is 1270.